The fourth-order valence-corrected chi connectivity index (χ4v) is 4.97. The van der Waals surface area contributed by atoms with Crippen LogP contribution in [0.25, 0.3) is 0 Å². The Morgan fingerprint density at radius 1 is 1.19 bits per heavy atom. The van der Waals surface area contributed by atoms with Crippen molar-refractivity contribution in [2.45, 2.75) is 51.4 Å². The lowest BCUT2D eigenvalue weighted by Crippen LogP contribution is -2.69. The minimum absolute atomic E-state index is 0.0232. The summed E-state index contributed by atoms with van der Waals surface area (Å²) < 4.78 is 5.22. The second kappa shape index (κ2) is 4.06. The number of aliphatic hydroxyl groups is 3. The van der Waals surface area contributed by atoms with E-state index in [4.69, 9.17) is 4.74 Å². The second-order valence-corrected chi connectivity index (χ2v) is 7.27. The summed E-state index contributed by atoms with van der Waals surface area (Å²) in [5.41, 5.74) is -4.00. The summed E-state index contributed by atoms with van der Waals surface area (Å²) in [5.74, 6) is -1.69. The first-order valence-corrected chi connectivity index (χ1v) is 7.38. The molecule has 6 nitrogen and oxygen atoms in total. The average molecular weight is 298 g/mol. The van der Waals surface area contributed by atoms with Crippen LogP contribution in [0.2, 0.25) is 0 Å². The molecule has 0 spiro atoms. The van der Waals surface area contributed by atoms with E-state index in [-0.39, 0.29) is 25.2 Å². The van der Waals surface area contributed by atoms with E-state index in [2.05, 4.69) is 0 Å². The van der Waals surface area contributed by atoms with Gasteiger partial charge in [0, 0.05) is 23.2 Å². The van der Waals surface area contributed by atoms with Gasteiger partial charge in [0.25, 0.3) is 0 Å². The zero-order valence-corrected chi connectivity index (χ0v) is 12.5. The summed E-state index contributed by atoms with van der Waals surface area (Å²) in [4.78, 5) is 24.5. The third-order valence-electron chi connectivity index (χ3n) is 6.69. The number of cyclic esters (lactones) is 1. The maximum Gasteiger partial charge on any atom is 0.306 e. The van der Waals surface area contributed by atoms with Crippen LogP contribution < -0.4 is 0 Å². The first-order valence-electron chi connectivity index (χ1n) is 7.38. The number of rotatable bonds is 0. The number of hydrogen-bond acceptors (Lipinski definition) is 6. The molecule has 1 unspecified atom stereocenters. The number of ketones is 1. The summed E-state index contributed by atoms with van der Waals surface area (Å²) in [6, 6.07) is 0. The van der Waals surface area contributed by atoms with Crippen LogP contribution in [0.15, 0.2) is 0 Å². The van der Waals surface area contributed by atoms with Gasteiger partial charge in [-0.15, -0.1) is 0 Å². The number of esters is 1. The van der Waals surface area contributed by atoms with Gasteiger partial charge in [0.2, 0.25) is 0 Å². The van der Waals surface area contributed by atoms with Gasteiger partial charge in [-0.05, 0) is 5.92 Å². The van der Waals surface area contributed by atoms with Crippen molar-refractivity contribution in [3.8, 4) is 0 Å². The van der Waals surface area contributed by atoms with Crippen LogP contribution in [0.1, 0.15) is 33.6 Å². The summed E-state index contributed by atoms with van der Waals surface area (Å²) in [5, 5.41) is 32.3. The Morgan fingerprint density at radius 3 is 2.43 bits per heavy atom. The fraction of sp³-hybridized carbons (Fsp3) is 0.867. The molecule has 0 aromatic carbocycles. The number of Topliss-reactive ketones (excluding diaryl/α,β-unsaturated/α-hetero) is 1. The van der Waals surface area contributed by atoms with E-state index in [1.807, 2.05) is 0 Å². The normalized spacial score (nSPS) is 56.7. The van der Waals surface area contributed by atoms with Crippen LogP contribution >= 0.6 is 0 Å². The van der Waals surface area contributed by atoms with E-state index in [0.29, 0.717) is 0 Å². The molecular weight excluding hydrogens is 276 g/mol. The third-order valence-corrected chi connectivity index (χ3v) is 6.69. The smallest absolute Gasteiger partial charge is 0.306 e. The summed E-state index contributed by atoms with van der Waals surface area (Å²) in [7, 11) is 0. The van der Waals surface area contributed by atoms with Gasteiger partial charge in [0.05, 0.1) is 12.5 Å². The van der Waals surface area contributed by atoms with Gasteiger partial charge in [-0.2, -0.15) is 0 Å². The van der Waals surface area contributed by atoms with Crippen LogP contribution in [0.4, 0.5) is 0 Å². The topological polar surface area (TPSA) is 104 Å². The minimum atomic E-state index is -1.72. The van der Waals surface area contributed by atoms with Crippen molar-refractivity contribution >= 4 is 11.8 Å². The van der Waals surface area contributed by atoms with Gasteiger partial charge in [-0.3, -0.25) is 9.59 Å². The minimum Gasteiger partial charge on any atom is -0.465 e. The maximum absolute atomic E-state index is 12.5. The summed E-state index contributed by atoms with van der Waals surface area (Å²) in [6.07, 6.45) is -2.75. The van der Waals surface area contributed by atoms with Gasteiger partial charge >= 0.3 is 5.97 Å². The lowest BCUT2D eigenvalue weighted by molar-refractivity contribution is -0.238. The van der Waals surface area contributed by atoms with Crippen LogP contribution in [-0.2, 0) is 14.3 Å². The Balaban J connectivity index is 2.30. The van der Waals surface area contributed by atoms with Crippen LogP contribution in [0.5, 0.6) is 0 Å². The van der Waals surface area contributed by atoms with Crippen molar-refractivity contribution in [3.63, 3.8) is 0 Å². The molecule has 0 amide bonds. The van der Waals surface area contributed by atoms with Crippen LogP contribution in [0.3, 0.4) is 0 Å². The molecule has 2 aliphatic carbocycles. The summed E-state index contributed by atoms with van der Waals surface area (Å²) in [6.45, 7) is 4.89. The Labute approximate surface area is 123 Å². The van der Waals surface area contributed by atoms with Gasteiger partial charge in [0.1, 0.15) is 24.1 Å². The molecule has 1 aliphatic heterocycles. The van der Waals surface area contributed by atoms with Crippen molar-refractivity contribution in [3.05, 3.63) is 0 Å². The van der Waals surface area contributed by atoms with Gasteiger partial charge in [-0.25, -0.2) is 0 Å². The van der Waals surface area contributed by atoms with Crippen molar-refractivity contribution in [2.24, 2.45) is 22.7 Å². The molecule has 2 saturated carbocycles. The van der Waals surface area contributed by atoms with E-state index in [1.54, 1.807) is 20.8 Å². The molecule has 0 aromatic rings. The maximum atomic E-state index is 12.5. The molecule has 1 heterocycles. The average Bonchev–Trinajstić information content (AvgIpc) is 2.54. The molecule has 1 saturated heterocycles. The third kappa shape index (κ3) is 1.39. The first-order chi connectivity index (χ1) is 9.62. The Hall–Kier alpha value is -0.980. The van der Waals surface area contributed by atoms with E-state index in [9.17, 15) is 24.9 Å². The standard InChI is InChI=1S/C15H22O6/c1-7-9(16)4-14-5-10(17)21-6-13(7,3)15(14,20)12(19)11(18)8(14)2/h7-8,11-12,18-20H,4-6H2,1-3H3/t7-,8-,11+,12+,13?,14-,15+/m1/s1. The SMILES string of the molecule is C[C@@H]1C(=O)C[C@]23CC(=O)OCC1(C)[C@@]2(O)[C@@H](O)[C@@H](O)[C@H]3C. The molecule has 3 N–H and O–H groups in total. The summed E-state index contributed by atoms with van der Waals surface area (Å²) >= 11 is 0. The number of hydrogen-bond donors (Lipinski definition) is 3. The van der Waals surface area contributed by atoms with Crippen LogP contribution in [0, 0.1) is 22.7 Å². The van der Waals surface area contributed by atoms with Gasteiger partial charge in [-0.1, -0.05) is 20.8 Å². The quantitative estimate of drug-likeness (QED) is 0.528. The van der Waals surface area contributed by atoms with Crippen molar-refractivity contribution in [2.75, 3.05) is 6.61 Å². The molecule has 2 bridgehead atoms. The van der Waals surface area contributed by atoms with E-state index in [0.717, 1.165) is 0 Å². The Bertz CT molecular complexity index is 518. The number of carbonyl (C=O) groups excluding carboxylic acids is 2. The Kier molecular flexibility index (Phi) is 2.89. The molecule has 0 aromatic heterocycles. The van der Waals surface area contributed by atoms with E-state index >= 15 is 0 Å². The highest BCUT2D eigenvalue weighted by Crippen LogP contribution is 2.67. The second-order valence-electron chi connectivity index (χ2n) is 7.27. The van der Waals surface area contributed by atoms with Crippen molar-refractivity contribution in [1.82, 2.24) is 0 Å². The fourth-order valence-electron chi connectivity index (χ4n) is 4.97. The largest absolute Gasteiger partial charge is 0.465 e. The highest BCUT2D eigenvalue weighted by molar-refractivity contribution is 5.86. The number of ether oxygens (including phenoxy) is 1. The molecule has 0 radical (unpaired) electrons. The zero-order valence-electron chi connectivity index (χ0n) is 12.5. The van der Waals surface area contributed by atoms with Gasteiger partial charge in [0.15, 0.2) is 0 Å². The molecule has 6 heteroatoms. The van der Waals surface area contributed by atoms with Crippen molar-refractivity contribution < 1.29 is 29.6 Å². The monoisotopic (exact) mass is 298 g/mol. The first kappa shape index (κ1) is 14.9. The molecular formula is C15H22O6. The molecule has 7 atom stereocenters. The zero-order chi connectivity index (χ0) is 15.8. The highest BCUT2D eigenvalue weighted by Gasteiger charge is 2.78. The highest BCUT2D eigenvalue weighted by atomic mass is 16.5. The lowest BCUT2D eigenvalue weighted by atomic mass is 9.47. The van der Waals surface area contributed by atoms with E-state index < -0.39 is 46.4 Å². The van der Waals surface area contributed by atoms with Crippen molar-refractivity contribution in [1.29, 1.82) is 0 Å². The molecule has 3 rings (SSSR count). The molecule has 118 valence electrons. The molecule has 3 fully saturated rings. The Morgan fingerprint density at radius 2 is 1.81 bits per heavy atom. The number of aliphatic hydroxyl groups excluding tert-OH is 2. The predicted octanol–water partition coefficient (Wildman–Crippen LogP) is -0.363. The lowest BCUT2D eigenvalue weighted by Gasteiger charge is -2.57. The number of carbonyl (C=O) groups is 2. The molecule has 21 heavy (non-hydrogen) atoms. The van der Waals surface area contributed by atoms with Gasteiger partial charge < -0.3 is 20.1 Å². The van der Waals surface area contributed by atoms with E-state index in [1.165, 1.54) is 0 Å². The molecule has 3 aliphatic rings. The predicted molar refractivity (Wildman–Crippen MR) is 71.0 cm³/mol. The van der Waals surface area contributed by atoms with Crippen LogP contribution in [-0.4, -0.2) is 51.5 Å².